The van der Waals surface area contributed by atoms with Crippen LogP contribution in [0.3, 0.4) is 0 Å². The van der Waals surface area contributed by atoms with Crippen molar-refractivity contribution in [1.82, 2.24) is 0 Å². The van der Waals surface area contributed by atoms with Gasteiger partial charge in [0.1, 0.15) is 5.78 Å². The Kier molecular flexibility index (Phi) is 1.84. The molecule has 0 spiro atoms. The number of ketones is 1. The SMILES string of the molecule is CC1(C)C(=O)Cc2c(Br)cccc21. The van der Waals surface area contributed by atoms with Gasteiger partial charge in [0.2, 0.25) is 0 Å². The Hall–Kier alpha value is -0.630. The highest BCUT2D eigenvalue weighted by Gasteiger charge is 2.38. The first-order valence-corrected chi connectivity index (χ1v) is 5.14. The Morgan fingerprint density at radius 1 is 1.38 bits per heavy atom. The van der Waals surface area contributed by atoms with Gasteiger partial charge in [-0.15, -0.1) is 0 Å². The summed E-state index contributed by atoms with van der Waals surface area (Å²) >= 11 is 3.47. The maximum atomic E-state index is 11.7. The van der Waals surface area contributed by atoms with Gasteiger partial charge in [0.25, 0.3) is 0 Å². The molecule has 1 aromatic carbocycles. The number of benzene rings is 1. The summed E-state index contributed by atoms with van der Waals surface area (Å²) in [5.41, 5.74) is 2.04. The van der Waals surface area contributed by atoms with Gasteiger partial charge in [-0.1, -0.05) is 28.1 Å². The van der Waals surface area contributed by atoms with E-state index in [1.54, 1.807) is 0 Å². The first kappa shape index (κ1) is 8.95. The molecule has 1 aromatic rings. The second kappa shape index (κ2) is 2.68. The van der Waals surface area contributed by atoms with Gasteiger partial charge in [0, 0.05) is 16.3 Å². The largest absolute Gasteiger partial charge is 0.298 e. The molecule has 0 bridgehead atoms. The average Bonchev–Trinajstić information content (AvgIpc) is 2.28. The molecule has 0 radical (unpaired) electrons. The van der Waals surface area contributed by atoms with Crippen LogP contribution in [0.25, 0.3) is 0 Å². The Bertz CT molecular complexity index is 380. The third kappa shape index (κ3) is 1.16. The summed E-state index contributed by atoms with van der Waals surface area (Å²) in [4.78, 5) is 11.7. The Labute approximate surface area is 86.3 Å². The van der Waals surface area contributed by atoms with Gasteiger partial charge in [0.15, 0.2) is 0 Å². The molecule has 2 heteroatoms. The van der Waals surface area contributed by atoms with Crippen molar-refractivity contribution in [3.8, 4) is 0 Å². The maximum absolute atomic E-state index is 11.7. The molecule has 0 fully saturated rings. The topological polar surface area (TPSA) is 17.1 Å². The van der Waals surface area contributed by atoms with E-state index in [0.29, 0.717) is 12.2 Å². The molecule has 2 rings (SSSR count). The van der Waals surface area contributed by atoms with Crippen LogP contribution < -0.4 is 0 Å². The van der Waals surface area contributed by atoms with Crippen LogP contribution in [-0.2, 0) is 16.6 Å². The fourth-order valence-electron chi connectivity index (χ4n) is 1.86. The summed E-state index contributed by atoms with van der Waals surface area (Å²) in [7, 11) is 0. The first-order valence-electron chi connectivity index (χ1n) is 4.34. The number of rotatable bonds is 0. The molecule has 0 aromatic heterocycles. The van der Waals surface area contributed by atoms with Crippen molar-refractivity contribution in [3.63, 3.8) is 0 Å². The minimum absolute atomic E-state index is 0.293. The number of hydrogen-bond donors (Lipinski definition) is 0. The first-order chi connectivity index (χ1) is 6.03. The van der Waals surface area contributed by atoms with Crippen LogP contribution in [0.2, 0.25) is 0 Å². The summed E-state index contributed by atoms with van der Waals surface area (Å²) in [5.74, 6) is 0.314. The molecule has 68 valence electrons. The fraction of sp³-hybridized carbons (Fsp3) is 0.364. The predicted molar refractivity (Wildman–Crippen MR) is 55.9 cm³/mol. The molecule has 0 heterocycles. The van der Waals surface area contributed by atoms with Crippen LogP contribution >= 0.6 is 15.9 Å². The summed E-state index contributed by atoms with van der Waals surface area (Å²) in [5, 5.41) is 0. The third-order valence-corrected chi connectivity index (χ3v) is 3.57. The van der Waals surface area contributed by atoms with E-state index in [1.165, 1.54) is 5.56 Å². The normalized spacial score (nSPS) is 18.8. The third-order valence-electron chi connectivity index (χ3n) is 2.83. The quantitative estimate of drug-likeness (QED) is 0.680. The Balaban J connectivity index is 2.68. The predicted octanol–water partition coefficient (Wildman–Crippen LogP) is 2.85. The maximum Gasteiger partial charge on any atom is 0.147 e. The minimum atomic E-state index is -0.293. The van der Waals surface area contributed by atoms with Crippen molar-refractivity contribution in [2.24, 2.45) is 0 Å². The number of halogens is 1. The molecule has 1 aliphatic rings. The average molecular weight is 239 g/mol. The van der Waals surface area contributed by atoms with Gasteiger partial charge in [-0.05, 0) is 31.0 Å². The van der Waals surface area contributed by atoms with E-state index in [2.05, 4.69) is 15.9 Å². The van der Waals surface area contributed by atoms with E-state index in [-0.39, 0.29) is 5.41 Å². The van der Waals surface area contributed by atoms with Crippen LogP contribution in [0.4, 0.5) is 0 Å². The zero-order valence-electron chi connectivity index (χ0n) is 7.73. The second-order valence-corrected chi connectivity index (χ2v) is 4.85. The molecule has 0 saturated heterocycles. The highest BCUT2D eigenvalue weighted by atomic mass is 79.9. The summed E-state index contributed by atoms with van der Waals surface area (Å²) in [6.07, 6.45) is 0.573. The van der Waals surface area contributed by atoms with Crippen molar-refractivity contribution >= 4 is 21.7 Å². The van der Waals surface area contributed by atoms with E-state index in [9.17, 15) is 4.79 Å². The molecular formula is C11H11BrO. The molecule has 13 heavy (non-hydrogen) atoms. The highest BCUT2D eigenvalue weighted by Crippen LogP contribution is 2.38. The number of fused-ring (bicyclic) bond motifs is 1. The lowest BCUT2D eigenvalue weighted by atomic mass is 9.86. The highest BCUT2D eigenvalue weighted by molar-refractivity contribution is 9.10. The van der Waals surface area contributed by atoms with E-state index in [0.717, 1.165) is 10.0 Å². The van der Waals surface area contributed by atoms with E-state index >= 15 is 0 Å². The molecule has 0 amide bonds. The number of hydrogen-bond acceptors (Lipinski definition) is 1. The van der Waals surface area contributed by atoms with Gasteiger partial charge in [-0.25, -0.2) is 0 Å². The number of carbonyl (C=O) groups excluding carboxylic acids is 1. The van der Waals surface area contributed by atoms with Crippen molar-refractivity contribution in [1.29, 1.82) is 0 Å². The second-order valence-electron chi connectivity index (χ2n) is 3.99. The van der Waals surface area contributed by atoms with Crippen LogP contribution in [0, 0.1) is 0 Å². The lowest BCUT2D eigenvalue weighted by Gasteiger charge is -2.16. The van der Waals surface area contributed by atoms with E-state index < -0.39 is 0 Å². The Morgan fingerprint density at radius 2 is 2.08 bits per heavy atom. The summed E-state index contributed by atoms with van der Waals surface area (Å²) in [6.45, 7) is 3.99. The van der Waals surface area contributed by atoms with Crippen LogP contribution in [0.5, 0.6) is 0 Å². The van der Waals surface area contributed by atoms with Gasteiger partial charge in [-0.2, -0.15) is 0 Å². The molecule has 1 aliphatic carbocycles. The number of Topliss-reactive ketones (excluding diaryl/α,β-unsaturated/α-hetero) is 1. The molecule has 0 atom stereocenters. The van der Waals surface area contributed by atoms with Crippen LogP contribution in [0.1, 0.15) is 25.0 Å². The van der Waals surface area contributed by atoms with Crippen LogP contribution in [-0.4, -0.2) is 5.78 Å². The zero-order valence-corrected chi connectivity index (χ0v) is 9.31. The Morgan fingerprint density at radius 3 is 2.69 bits per heavy atom. The minimum Gasteiger partial charge on any atom is -0.298 e. The molecule has 0 unspecified atom stereocenters. The molecule has 0 N–H and O–H groups in total. The number of carbonyl (C=O) groups is 1. The van der Waals surface area contributed by atoms with E-state index in [4.69, 9.17) is 0 Å². The summed E-state index contributed by atoms with van der Waals surface area (Å²) in [6, 6.07) is 6.03. The molecule has 0 aliphatic heterocycles. The lowest BCUT2D eigenvalue weighted by Crippen LogP contribution is -2.23. The van der Waals surface area contributed by atoms with Gasteiger partial charge in [0.05, 0.1) is 0 Å². The van der Waals surface area contributed by atoms with Crippen LogP contribution in [0.15, 0.2) is 22.7 Å². The van der Waals surface area contributed by atoms with Crippen molar-refractivity contribution < 1.29 is 4.79 Å². The fourth-order valence-corrected chi connectivity index (χ4v) is 2.36. The molecule has 0 saturated carbocycles. The monoisotopic (exact) mass is 238 g/mol. The van der Waals surface area contributed by atoms with Crippen molar-refractivity contribution in [2.45, 2.75) is 25.7 Å². The van der Waals surface area contributed by atoms with Crippen molar-refractivity contribution in [2.75, 3.05) is 0 Å². The van der Waals surface area contributed by atoms with Crippen molar-refractivity contribution in [3.05, 3.63) is 33.8 Å². The summed E-state index contributed by atoms with van der Waals surface area (Å²) < 4.78 is 1.06. The van der Waals surface area contributed by atoms with Gasteiger partial charge in [-0.3, -0.25) is 4.79 Å². The zero-order chi connectivity index (χ0) is 9.64. The smallest absolute Gasteiger partial charge is 0.147 e. The molecular weight excluding hydrogens is 228 g/mol. The standard InChI is InChI=1S/C11H11BrO/c1-11(2)8-4-3-5-9(12)7(8)6-10(11)13/h3-5H,6H2,1-2H3. The van der Waals surface area contributed by atoms with Gasteiger partial charge >= 0.3 is 0 Å². The van der Waals surface area contributed by atoms with Gasteiger partial charge < -0.3 is 0 Å². The lowest BCUT2D eigenvalue weighted by molar-refractivity contribution is -0.121. The molecule has 1 nitrogen and oxygen atoms in total. The van der Waals surface area contributed by atoms with E-state index in [1.807, 2.05) is 32.0 Å².